The number of carbonyl (C=O) groups excluding carboxylic acids is 2. The van der Waals surface area contributed by atoms with E-state index in [1.165, 1.54) is 12.1 Å². The summed E-state index contributed by atoms with van der Waals surface area (Å²) >= 11 is 6.79. The molecule has 9 heteroatoms. The monoisotopic (exact) mass is 516 g/mol. The highest BCUT2D eigenvalue weighted by atomic mass is 35.5. The first-order chi connectivity index (χ1) is 17.4. The highest BCUT2D eigenvalue weighted by Gasteiger charge is 2.36. The van der Waals surface area contributed by atoms with Crippen LogP contribution >= 0.6 is 23.4 Å². The lowest BCUT2D eigenvalue weighted by atomic mass is 10.0. The van der Waals surface area contributed by atoms with Crippen LogP contribution in [0, 0.1) is 10.1 Å². The van der Waals surface area contributed by atoms with Gasteiger partial charge in [-0.05, 0) is 64.5 Å². The molecule has 0 unspecified atom stereocenters. The van der Waals surface area contributed by atoms with E-state index in [1.54, 1.807) is 48.5 Å². The van der Waals surface area contributed by atoms with Gasteiger partial charge in [-0.1, -0.05) is 54.1 Å². The van der Waals surface area contributed by atoms with Gasteiger partial charge in [0.1, 0.15) is 12.4 Å². The quantitative estimate of drug-likeness (QED) is 0.153. The van der Waals surface area contributed by atoms with Crippen molar-refractivity contribution in [2.24, 2.45) is 0 Å². The van der Waals surface area contributed by atoms with Crippen molar-refractivity contribution in [1.29, 1.82) is 0 Å². The fourth-order valence-corrected chi connectivity index (χ4v) is 4.83. The number of anilines is 1. The maximum absolute atomic E-state index is 13.2. The number of thioether (sulfide) groups is 1. The predicted molar refractivity (Wildman–Crippen MR) is 141 cm³/mol. The van der Waals surface area contributed by atoms with Gasteiger partial charge in [0.05, 0.1) is 15.5 Å². The molecule has 1 saturated heterocycles. The van der Waals surface area contributed by atoms with Gasteiger partial charge in [0, 0.05) is 22.7 Å². The number of amides is 2. The number of nitro benzene ring substituents is 1. The molecule has 4 aromatic carbocycles. The van der Waals surface area contributed by atoms with Gasteiger partial charge < -0.3 is 4.74 Å². The largest absolute Gasteiger partial charge is 0.488 e. The number of ether oxygens (including phenoxy) is 1. The number of hydrogen-bond donors (Lipinski definition) is 0. The molecule has 1 fully saturated rings. The fourth-order valence-electron chi connectivity index (χ4n) is 3.88. The van der Waals surface area contributed by atoms with Crippen LogP contribution < -0.4 is 9.64 Å². The molecular formula is C27H17ClN2O5S. The number of nitrogens with zero attached hydrogens (tertiary/aromatic N) is 2. The summed E-state index contributed by atoms with van der Waals surface area (Å²) in [4.78, 5) is 38.0. The van der Waals surface area contributed by atoms with E-state index in [1.807, 2.05) is 30.3 Å². The maximum Gasteiger partial charge on any atom is 0.298 e. The van der Waals surface area contributed by atoms with Crippen LogP contribution in [-0.4, -0.2) is 16.1 Å². The van der Waals surface area contributed by atoms with E-state index in [4.69, 9.17) is 16.3 Å². The van der Waals surface area contributed by atoms with Gasteiger partial charge >= 0.3 is 0 Å². The first kappa shape index (κ1) is 23.6. The van der Waals surface area contributed by atoms with Gasteiger partial charge in [-0.15, -0.1) is 0 Å². The highest BCUT2D eigenvalue weighted by Crippen LogP contribution is 2.39. The highest BCUT2D eigenvalue weighted by molar-refractivity contribution is 8.19. The molecule has 0 spiro atoms. The molecule has 0 aliphatic carbocycles. The number of rotatable bonds is 6. The molecule has 1 heterocycles. The molecule has 4 aromatic rings. The van der Waals surface area contributed by atoms with E-state index >= 15 is 0 Å². The smallest absolute Gasteiger partial charge is 0.298 e. The standard InChI is InChI=1S/C27H17ClN2O5S/c28-19-9-11-20(12-10-19)29-26(31)25(36-27(29)32)15-23-22-7-2-1-5-18(22)8-13-24(23)35-16-17-4-3-6-21(14-17)30(33)34/h1-15H,16H2/b25-15+. The summed E-state index contributed by atoms with van der Waals surface area (Å²) < 4.78 is 6.06. The number of non-ortho nitro benzene ring substituents is 1. The summed E-state index contributed by atoms with van der Waals surface area (Å²) in [6.07, 6.45) is 1.66. The molecule has 0 radical (unpaired) electrons. The lowest BCUT2D eigenvalue weighted by molar-refractivity contribution is -0.384. The van der Waals surface area contributed by atoms with E-state index in [-0.39, 0.29) is 17.2 Å². The first-order valence-electron chi connectivity index (χ1n) is 10.8. The number of halogens is 1. The minimum Gasteiger partial charge on any atom is -0.488 e. The molecule has 2 amide bonds. The molecule has 1 aliphatic rings. The zero-order valence-corrected chi connectivity index (χ0v) is 20.2. The van der Waals surface area contributed by atoms with Crippen molar-refractivity contribution in [3.05, 3.63) is 116 Å². The molecule has 7 nitrogen and oxygen atoms in total. The second-order valence-corrected chi connectivity index (χ2v) is 9.34. The molecule has 0 N–H and O–H groups in total. The zero-order chi connectivity index (χ0) is 25.2. The lowest BCUT2D eigenvalue weighted by Crippen LogP contribution is -2.27. The molecular weight excluding hydrogens is 500 g/mol. The predicted octanol–water partition coefficient (Wildman–Crippen LogP) is 7.22. The number of carbonyl (C=O) groups is 2. The van der Waals surface area contributed by atoms with Crippen LogP contribution in [0.3, 0.4) is 0 Å². The van der Waals surface area contributed by atoms with Gasteiger partial charge in [-0.2, -0.15) is 0 Å². The van der Waals surface area contributed by atoms with Crippen molar-refractivity contribution in [3.8, 4) is 5.75 Å². The van der Waals surface area contributed by atoms with Crippen molar-refractivity contribution in [1.82, 2.24) is 0 Å². The summed E-state index contributed by atoms with van der Waals surface area (Å²) in [5.41, 5.74) is 1.68. The number of nitro groups is 1. The van der Waals surface area contributed by atoms with Crippen LogP contribution in [0.25, 0.3) is 16.8 Å². The van der Waals surface area contributed by atoms with E-state index in [9.17, 15) is 19.7 Å². The molecule has 0 aromatic heterocycles. The van der Waals surface area contributed by atoms with Crippen LogP contribution in [-0.2, 0) is 11.4 Å². The second kappa shape index (κ2) is 9.85. The van der Waals surface area contributed by atoms with Gasteiger partial charge in [0.15, 0.2) is 0 Å². The third-order valence-electron chi connectivity index (χ3n) is 5.60. The number of hydrogen-bond acceptors (Lipinski definition) is 6. The average molecular weight is 517 g/mol. The normalized spacial score (nSPS) is 14.6. The Balaban J connectivity index is 1.51. The van der Waals surface area contributed by atoms with Crippen molar-refractivity contribution in [2.45, 2.75) is 6.61 Å². The summed E-state index contributed by atoms with van der Waals surface area (Å²) in [6, 6.07) is 24.0. The maximum atomic E-state index is 13.2. The Morgan fingerprint density at radius 2 is 1.75 bits per heavy atom. The van der Waals surface area contributed by atoms with E-state index in [0.29, 0.717) is 27.6 Å². The van der Waals surface area contributed by atoms with Gasteiger partial charge in [0.2, 0.25) is 0 Å². The molecule has 0 saturated carbocycles. The van der Waals surface area contributed by atoms with E-state index < -0.39 is 16.1 Å². The number of benzene rings is 4. The summed E-state index contributed by atoms with van der Waals surface area (Å²) in [7, 11) is 0. The average Bonchev–Trinajstić information content (AvgIpc) is 3.16. The van der Waals surface area contributed by atoms with Crippen LogP contribution in [0.4, 0.5) is 16.2 Å². The van der Waals surface area contributed by atoms with Crippen molar-refractivity contribution >= 4 is 62.7 Å². The topological polar surface area (TPSA) is 89.7 Å². The summed E-state index contributed by atoms with van der Waals surface area (Å²) in [5, 5.41) is 13.0. The van der Waals surface area contributed by atoms with Gasteiger partial charge in [-0.3, -0.25) is 19.7 Å². The Morgan fingerprint density at radius 1 is 0.972 bits per heavy atom. The van der Waals surface area contributed by atoms with Crippen LogP contribution in [0.1, 0.15) is 11.1 Å². The van der Waals surface area contributed by atoms with Crippen LogP contribution in [0.5, 0.6) is 5.75 Å². The van der Waals surface area contributed by atoms with E-state index in [0.717, 1.165) is 27.4 Å². The van der Waals surface area contributed by atoms with Gasteiger partial charge in [0.25, 0.3) is 16.8 Å². The summed E-state index contributed by atoms with van der Waals surface area (Å²) in [5.74, 6) is 0.0448. The third-order valence-corrected chi connectivity index (χ3v) is 6.72. The van der Waals surface area contributed by atoms with Gasteiger partial charge in [-0.25, -0.2) is 4.90 Å². The van der Waals surface area contributed by atoms with E-state index in [2.05, 4.69) is 0 Å². The Labute approximate surface area is 215 Å². The lowest BCUT2D eigenvalue weighted by Gasteiger charge is -2.13. The Morgan fingerprint density at radius 3 is 2.53 bits per heavy atom. The number of fused-ring (bicyclic) bond motifs is 1. The molecule has 1 aliphatic heterocycles. The molecule has 0 atom stereocenters. The second-order valence-electron chi connectivity index (χ2n) is 7.91. The van der Waals surface area contributed by atoms with Crippen LogP contribution in [0.2, 0.25) is 5.02 Å². The van der Waals surface area contributed by atoms with Crippen molar-refractivity contribution in [2.75, 3.05) is 4.90 Å². The number of imide groups is 1. The SMILES string of the molecule is O=C1S/C(=C/c2c(OCc3cccc([N+](=O)[O-])c3)ccc3ccccc23)C(=O)N1c1ccc(Cl)cc1. The molecule has 178 valence electrons. The molecule has 36 heavy (non-hydrogen) atoms. The minimum absolute atomic E-state index is 0.0225. The Hall–Kier alpha value is -4.14. The minimum atomic E-state index is -0.457. The fraction of sp³-hybridized carbons (Fsp3) is 0.0370. The zero-order valence-electron chi connectivity index (χ0n) is 18.6. The Bertz CT molecular complexity index is 1550. The third kappa shape index (κ3) is 4.68. The van der Waals surface area contributed by atoms with Crippen molar-refractivity contribution in [3.63, 3.8) is 0 Å². The molecule has 5 rings (SSSR count). The first-order valence-corrected chi connectivity index (χ1v) is 12.0. The molecule has 0 bridgehead atoms. The summed E-state index contributed by atoms with van der Waals surface area (Å²) in [6.45, 7) is 0.0904. The van der Waals surface area contributed by atoms with Crippen molar-refractivity contribution < 1.29 is 19.2 Å². The Kier molecular flexibility index (Phi) is 6.45. The van der Waals surface area contributed by atoms with Crippen LogP contribution in [0.15, 0.2) is 89.8 Å².